The van der Waals surface area contributed by atoms with Gasteiger partial charge in [-0.1, -0.05) is 0 Å². The van der Waals surface area contributed by atoms with E-state index in [4.69, 9.17) is 4.74 Å². The molecule has 1 N–H and O–H groups in total. The highest BCUT2D eigenvalue weighted by atomic mass is 16.5. The van der Waals surface area contributed by atoms with Gasteiger partial charge in [-0.25, -0.2) is 4.98 Å². The molecule has 0 saturated heterocycles. The van der Waals surface area contributed by atoms with Crippen molar-refractivity contribution >= 4 is 0 Å². The summed E-state index contributed by atoms with van der Waals surface area (Å²) in [6.07, 6.45) is 5.20. The zero-order valence-electron chi connectivity index (χ0n) is 11.4. The Morgan fingerprint density at radius 1 is 1.35 bits per heavy atom. The van der Waals surface area contributed by atoms with Crippen molar-refractivity contribution in [3.05, 3.63) is 18.2 Å². The number of rotatable bonds is 8. The van der Waals surface area contributed by atoms with Gasteiger partial charge >= 0.3 is 0 Å². The normalized spacial score (nSPS) is 11.6. The number of hydrogen-bond donors (Lipinski definition) is 1. The van der Waals surface area contributed by atoms with Gasteiger partial charge < -0.3 is 14.6 Å². The van der Waals surface area contributed by atoms with Crippen molar-refractivity contribution in [3.63, 3.8) is 0 Å². The summed E-state index contributed by atoms with van der Waals surface area (Å²) in [7, 11) is 0. The summed E-state index contributed by atoms with van der Waals surface area (Å²) in [6.45, 7) is 11.1. The Morgan fingerprint density at radius 3 is 2.76 bits per heavy atom. The number of imidazole rings is 1. The van der Waals surface area contributed by atoms with E-state index in [0.717, 1.165) is 26.1 Å². The van der Waals surface area contributed by atoms with Gasteiger partial charge in [0.25, 0.3) is 0 Å². The van der Waals surface area contributed by atoms with E-state index in [1.165, 1.54) is 5.69 Å². The quantitative estimate of drug-likeness (QED) is 0.708. The molecule has 4 heteroatoms. The highest BCUT2D eigenvalue weighted by Crippen LogP contribution is 2.08. The van der Waals surface area contributed by atoms with Crippen molar-refractivity contribution in [3.8, 4) is 0 Å². The van der Waals surface area contributed by atoms with Crippen molar-refractivity contribution in [2.24, 2.45) is 0 Å². The molecule has 98 valence electrons. The number of aromatic nitrogens is 2. The van der Waals surface area contributed by atoms with Crippen LogP contribution in [0.1, 0.15) is 45.9 Å². The first kappa shape index (κ1) is 14.2. The molecule has 1 rings (SSSR count). The smallest absolute Gasteiger partial charge is 0.0951 e. The lowest BCUT2D eigenvalue weighted by molar-refractivity contribution is 0.0770. The van der Waals surface area contributed by atoms with Crippen molar-refractivity contribution in [1.82, 2.24) is 14.9 Å². The zero-order valence-corrected chi connectivity index (χ0v) is 11.4. The van der Waals surface area contributed by atoms with Crippen LogP contribution in [0.5, 0.6) is 0 Å². The number of ether oxygens (including phenoxy) is 1. The van der Waals surface area contributed by atoms with E-state index >= 15 is 0 Å². The van der Waals surface area contributed by atoms with Crippen molar-refractivity contribution in [1.29, 1.82) is 0 Å². The highest BCUT2D eigenvalue weighted by Gasteiger charge is 2.04. The lowest BCUT2D eigenvalue weighted by Crippen LogP contribution is -2.19. The summed E-state index contributed by atoms with van der Waals surface area (Å²) in [4.78, 5) is 4.18. The van der Waals surface area contributed by atoms with Crippen LogP contribution in [0.3, 0.4) is 0 Å². The van der Waals surface area contributed by atoms with E-state index < -0.39 is 0 Å². The van der Waals surface area contributed by atoms with Crippen LogP contribution in [0, 0.1) is 0 Å². The Hall–Kier alpha value is -0.870. The van der Waals surface area contributed by atoms with Crippen molar-refractivity contribution in [2.75, 3.05) is 13.2 Å². The Morgan fingerprint density at radius 2 is 2.12 bits per heavy atom. The van der Waals surface area contributed by atoms with Crippen LogP contribution in [-0.2, 0) is 11.3 Å². The molecule has 4 nitrogen and oxygen atoms in total. The van der Waals surface area contributed by atoms with Gasteiger partial charge in [0.2, 0.25) is 0 Å². The second kappa shape index (κ2) is 7.45. The first-order chi connectivity index (χ1) is 8.11. The first-order valence-corrected chi connectivity index (χ1v) is 6.44. The fourth-order valence-electron chi connectivity index (χ4n) is 1.67. The molecule has 0 fully saturated rings. The lowest BCUT2D eigenvalue weighted by atomic mass is 10.3. The Bertz CT molecular complexity index is 307. The Kier molecular flexibility index (Phi) is 6.22. The maximum atomic E-state index is 5.48. The Labute approximate surface area is 104 Å². The van der Waals surface area contributed by atoms with E-state index in [9.17, 15) is 0 Å². The molecule has 1 heterocycles. The molecule has 0 saturated carbocycles. The van der Waals surface area contributed by atoms with Gasteiger partial charge in [-0.3, -0.25) is 0 Å². The molecule has 0 unspecified atom stereocenters. The number of hydrogen-bond acceptors (Lipinski definition) is 3. The molecule has 0 aliphatic carbocycles. The predicted molar refractivity (Wildman–Crippen MR) is 70.0 cm³/mol. The molecule has 0 aliphatic heterocycles. The van der Waals surface area contributed by atoms with Crippen LogP contribution in [0.25, 0.3) is 0 Å². The molecule has 0 atom stereocenters. The van der Waals surface area contributed by atoms with Crippen LogP contribution in [0.4, 0.5) is 0 Å². The lowest BCUT2D eigenvalue weighted by Gasteiger charge is -2.12. The fraction of sp³-hybridized carbons (Fsp3) is 0.769. The van der Waals surface area contributed by atoms with Gasteiger partial charge in [0.15, 0.2) is 0 Å². The van der Waals surface area contributed by atoms with E-state index in [-0.39, 0.29) is 0 Å². The molecule has 17 heavy (non-hydrogen) atoms. The average molecular weight is 239 g/mol. The van der Waals surface area contributed by atoms with E-state index in [1.54, 1.807) is 0 Å². The molecular weight excluding hydrogens is 214 g/mol. The third-order valence-corrected chi connectivity index (χ3v) is 2.56. The summed E-state index contributed by atoms with van der Waals surface area (Å²) >= 11 is 0. The van der Waals surface area contributed by atoms with Gasteiger partial charge in [-0.05, 0) is 40.7 Å². The highest BCUT2D eigenvalue weighted by molar-refractivity contribution is 4.99. The fourth-order valence-corrected chi connectivity index (χ4v) is 1.67. The maximum absolute atomic E-state index is 5.48. The summed E-state index contributed by atoms with van der Waals surface area (Å²) in [5.41, 5.74) is 1.24. The van der Waals surface area contributed by atoms with Crippen LogP contribution < -0.4 is 5.32 Å². The number of nitrogens with one attached hydrogen (secondary N) is 1. The summed E-state index contributed by atoms with van der Waals surface area (Å²) in [6, 6.07) is 0.471. The molecule has 1 aromatic rings. The number of nitrogens with zero attached hydrogens (tertiary/aromatic N) is 2. The summed E-state index contributed by atoms with van der Waals surface area (Å²) in [5, 5.41) is 3.42. The molecule has 0 bridgehead atoms. The zero-order chi connectivity index (χ0) is 12.7. The molecule has 0 aromatic carbocycles. The second-order valence-corrected chi connectivity index (χ2v) is 4.84. The van der Waals surface area contributed by atoms with Crippen LogP contribution >= 0.6 is 0 Å². The minimum atomic E-state index is 0.331. The standard InChI is InChI=1S/C13H25N3O/c1-11(2)16-10-15-9-13(16)8-14-6-5-7-17-12(3)4/h9-12,14H,5-8H2,1-4H3. The van der Waals surface area contributed by atoms with E-state index in [0.29, 0.717) is 12.1 Å². The van der Waals surface area contributed by atoms with Crippen molar-refractivity contribution in [2.45, 2.75) is 52.8 Å². The van der Waals surface area contributed by atoms with Gasteiger partial charge in [0, 0.05) is 25.4 Å². The molecule has 0 spiro atoms. The van der Waals surface area contributed by atoms with Gasteiger partial charge in [0.1, 0.15) is 0 Å². The van der Waals surface area contributed by atoms with Crippen LogP contribution in [0.2, 0.25) is 0 Å². The minimum Gasteiger partial charge on any atom is -0.379 e. The van der Waals surface area contributed by atoms with E-state index in [1.807, 2.05) is 12.5 Å². The molecular formula is C13H25N3O. The third kappa shape index (κ3) is 5.33. The third-order valence-electron chi connectivity index (χ3n) is 2.56. The maximum Gasteiger partial charge on any atom is 0.0951 e. The summed E-state index contributed by atoms with van der Waals surface area (Å²) < 4.78 is 7.68. The monoisotopic (exact) mass is 239 g/mol. The second-order valence-electron chi connectivity index (χ2n) is 4.84. The first-order valence-electron chi connectivity index (χ1n) is 6.44. The topological polar surface area (TPSA) is 39.1 Å². The van der Waals surface area contributed by atoms with Gasteiger partial charge in [0.05, 0.1) is 18.1 Å². The minimum absolute atomic E-state index is 0.331. The van der Waals surface area contributed by atoms with Gasteiger partial charge in [-0.2, -0.15) is 0 Å². The molecule has 0 amide bonds. The largest absolute Gasteiger partial charge is 0.379 e. The molecule has 0 aliphatic rings. The van der Waals surface area contributed by atoms with E-state index in [2.05, 4.69) is 42.6 Å². The Balaban J connectivity index is 2.16. The molecule has 1 aromatic heterocycles. The summed E-state index contributed by atoms with van der Waals surface area (Å²) in [5.74, 6) is 0. The van der Waals surface area contributed by atoms with Crippen molar-refractivity contribution < 1.29 is 4.74 Å². The van der Waals surface area contributed by atoms with Crippen LogP contribution in [-0.4, -0.2) is 28.8 Å². The molecule has 0 radical (unpaired) electrons. The van der Waals surface area contributed by atoms with Crippen LogP contribution in [0.15, 0.2) is 12.5 Å². The predicted octanol–water partition coefficient (Wildman–Crippen LogP) is 2.37. The average Bonchev–Trinajstić information content (AvgIpc) is 2.71. The van der Waals surface area contributed by atoms with Gasteiger partial charge in [-0.15, -0.1) is 0 Å². The SMILES string of the molecule is CC(C)OCCCNCc1cncn1C(C)C.